The number of nitrogens with one attached hydrogen (secondary N) is 1. The van der Waals surface area contributed by atoms with Gasteiger partial charge in [0.25, 0.3) is 5.91 Å². The van der Waals surface area contributed by atoms with E-state index in [1.54, 1.807) is 0 Å². The SMILES string of the molecule is CC(C)(C)CNC(=O)c1ccc(F)cc1N. The van der Waals surface area contributed by atoms with Crippen LogP contribution in [0.25, 0.3) is 0 Å². The van der Waals surface area contributed by atoms with Crippen LogP contribution in [0.3, 0.4) is 0 Å². The van der Waals surface area contributed by atoms with Crippen molar-refractivity contribution < 1.29 is 9.18 Å². The summed E-state index contributed by atoms with van der Waals surface area (Å²) in [5.41, 5.74) is 6.03. The molecule has 0 aliphatic rings. The lowest BCUT2D eigenvalue weighted by Gasteiger charge is -2.19. The van der Waals surface area contributed by atoms with Crippen LogP contribution in [0.4, 0.5) is 10.1 Å². The Hall–Kier alpha value is -1.58. The predicted octanol–water partition coefficient (Wildman–Crippen LogP) is 2.18. The number of carbonyl (C=O) groups excluding carboxylic acids is 1. The average Bonchev–Trinajstić information content (AvgIpc) is 2.13. The van der Waals surface area contributed by atoms with E-state index in [-0.39, 0.29) is 17.0 Å². The summed E-state index contributed by atoms with van der Waals surface area (Å²) >= 11 is 0. The maximum Gasteiger partial charge on any atom is 0.253 e. The molecule has 0 heterocycles. The van der Waals surface area contributed by atoms with Gasteiger partial charge in [0.1, 0.15) is 5.82 Å². The van der Waals surface area contributed by atoms with E-state index in [2.05, 4.69) is 5.32 Å². The van der Waals surface area contributed by atoms with E-state index in [4.69, 9.17) is 5.73 Å². The van der Waals surface area contributed by atoms with Crippen molar-refractivity contribution in [1.29, 1.82) is 0 Å². The number of nitrogens with two attached hydrogens (primary N) is 1. The lowest BCUT2D eigenvalue weighted by atomic mass is 9.97. The minimum atomic E-state index is -0.440. The zero-order valence-corrected chi connectivity index (χ0v) is 9.80. The fourth-order valence-electron chi connectivity index (χ4n) is 1.18. The molecule has 88 valence electrons. The lowest BCUT2D eigenvalue weighted by molar-refractivity contribution is 0.0940. The normalized spacial score (nSPS) is 11.2. The van der Waals surface area contributed by atoms with Crippen LogP contribution in [-0.4, -0.2) is 12.5 Å². The van der Waals surface area contributed by atoms with Gasteiger partial charge in [-0.1, -0.05) is 20.8 Å². The Balaban J connectivity index is 2.74. The Morgan fingerprint density at radius 3 is 2.56 bits per heavy atom. The highest BCUT2D eigenvalue weighted by molar-refractivity contribution is 5.99. The number of nitrogen functional groups attached to an aromatic ring is 1. The largest absolute Gasteiger partial charge is 0.398 e. The third-order valence-electron chi connectivity index (χ3n) is 2.04. The van der Waals surface area contributed by atoms with Gasteiger partial charge in [-0.3, -0.25) is 4.79 Å². The number of anilines is 1. The fraction of sp³-hybridized carbons (Fsp3) is 0.417. The van der Waals surface area contributed by atoms with Crippen LogP contribution in [0.5, 0.6) is 0 Å². The van der Waals surface area contributed by atoms with E-state index >= 15 is 0 Å². The molecule has 0 saturated heterocycles. The van der Waals surface area contributed by atoms with Gasteiger partial charge in [0, 0.05) is 12.2 Å². The molecular weight excluding hydrogens is 207 g/mol. The summed E-state index contributed by atoms with van der Waals surface area (Å²) in [6, 6.07) is 3.76. The first-order valence-electron chi connectivity index (χ1n) is 5.13. The van der Waals surface area contributed by atoms with Crippen LogP contribution in [0.1, 0.15) is 31.1 Å². The quantitative estimate of drug-likeness (QED) is 0.756. The number of hydrogen-bond donors (Lipinski definition) is 2. The van der Waals surface area contributed by atoms with Gasteiger partial charge in [0.2, 0.25) is 0 Å². The summed E-state index contributed by atoms with van der Waals surface area (Å²) in [5, 5.41) is 2.76. The first kappa shape index (κ1) is 12.5. The summed E-state index contributed by atoms with van der Waals surface area (Å²) < 4.78 is 12.8. The van der Waals surface area contributed by atoms with Gasteiger partial charge in [-0.25, -0.2) is 4.39 Å². The number of rotatable bonds is 2. The van der Waals surface area contributed by atoms with Crippen molar-refractivity contribution in [3.05, 3.63) is 29.6 Å². The fourth-order valence-corrected chi connectivity index (χ4v) is 1.18. The van der Waals surface area contributed by atoms with Gasteiger partial charge in [-0.2, -0.15) is 0 Å². The zero-order chi connectivity index (χ0) is 12.3. The molecule has 0 unspecified atom stereocenters. The van der Waals surface area contributed by atoms with Crippen LogP contribution in [0.2, 0.25) is 0 Å². The second-order valence-corrected chi connectivity index (χ2v) is 4.97. The van der Waals surface area contributed by atoms with Crippen LogP contribution in [-0.2, 0) is 0 Å². The van der Waals surface area contributed by atoms with E-state index in [1.807, 2.05) is 20.8 Å². The molecule has 0 aliphatic carbocycles. The van der Waals surface area contributed by atoms with Crippen LogP contribution in [0.15, 0.2) is 18.2 Å². The predicted molar refractivity (Wildman–Crippen MR) is 62.6 cm³/mol. The van der Waals surface area contributed by atoms with Crippen LogP contribution >= 0.6 is 0 Å². The molecule has 0 radical (unpaired) electrons. The van der Waals surface area contributed by atoms with E-state index in [0.717, 1.165) is 6.07 Å². The maximum absolute atomic E-state index is 12.8. The third-order valence-corrected chi connectivity index (χ3v) is 2.04. The molecule has 1 rings (SSSR count). The molecule has 0 aromatic heterocycles. The van der Waals surface area contributed by atoms with Gasteiger partial charge in [-0.15, -0.1) is 0 Å². The standard InChI is InChI=1S/C12H17FN2O/c1-12(2,3)7-15-11(16)9-5-4-8(13)6-10(9)14/h4-6H,7,14H2,1-3H3,(H,15,16). The second kappa shape index (κ2) is 4.51. The Labute approximate surface area is 94.8 Å². The van der Waals surface area contributed by atoms with Gasteiger partial charge in [0.05, 0.1) is 5.56 Å². The molecule has 3 nitrogen and oxygen atoms in total. The molecule has 0 bridgehead atoms. The van der Waals surface area contributed by atoms with Crippen molar-refractivity contribution in [2.45, 2.75) is 20.8 Å². The number of halogens is 1. The summed E-state index contributed by atoms with van der Waals surface area (Å²) in [4.78, 5) is 11.7. The van der Waals surface area contributed by atoms with Crippen molar-refractivity contribution in [1.82, 2.24) is 5.32 Å². The van der Waals surface area contributed by atoms with Gasteiger partial charge in [-0.05, 0) is 23.6 Å². The minimum absolute atomic E-state index is 0.00442. The molecule has 0 atom stereocenters. The molecule has 1 aromatic carbocycles. The van der Waals surface area contributed by atoms with E-state index < -0.39 is 5.82 Å². The average molecular weight is 224 g/mol. The first-order valence-corrected chi connectivity index (χ1v) is 5.13. The Morgan fingerprint density at radius 1 is 1.44 bits per heavy atom. The first-order chi connectivity index (χ1) is 7.29. The maximum atomic E-state index is 12.8. The van der Waals surface area contributed by atoms with Crippen molar-refractivity contribution in [2.75, 3.05) is 12.3 Å². The molecule has 4 heteroatoms. The number of amides is 1. The molecule has 0 aliphatic heterocycles. The topological polar surface area (TPSA) is 55.1 Å². The second-order valence-electron chi connectivity index (χ2n) is 4.97. The van der Waals surface area contributed by atoms with Gasteiger partial charge < -0.3 is 11.1 Å². The van der Waals surface area contributed by atoms with Crippen molar-refractivity contribution in [3.8, 4) is 0 Å². The summed E-state index contributed by atoms with van der Waals surface area (Å²) in [6.45, 7) is 6.59. The molecule has 0 fully saturated rings. The molecule has 3 N–H and O–H groups in total. The Kier molecular flexibility index (Phi) is 3.52. The third kappa shape index (κ3) is 3.53. The monoisotopic (exact) mass is 224 g/mol. The van der Waals surface area contributed by atoms with E-state index in [1.165, 1.54) is 12.1 Å². The Bertz CT molecular complexity index is 396. The molecule has 1 amide bonds. The summed E-state index contributed by atoms with van der Waals surface area (Å²) in [7, 11) is 0. The van der Waals surface area contributed by atoms with E-state index in [0.29, 0.717) is 12.1 Å². The Morgan fingerprint density at radius 2 is 2.06 bits per heavy atom. The van der Waals surface area contributed by atoms with Crippen molar-refractivity contribution in [3.63, 3.8) is 0 Å². The molecule has 1 aromatic rings. The van der Waals surface area contributed by atoms with Crippen LogP contribution in [0, 0.1) is 11.2 Å². The van der Waals surface area contributed by atoms with Crippen LogP contribution < -0.4 is 11.1 Å². The van der Waals surface area contributed by atoms with Gasteiger partial charge in [0.15, 0.2) is 0 Å². The zero-order valence-electron chi connectivity index (χ0n) is 9.80. The number of benzene rings is 1. The smallest absolute Gasteiger partial charge is 0.253 e. The molecule has 0 spiro atoms. The highest BCUT2D eigenvalue weighted by Gasteiger charge is 2.14. The summed E-state index contributed by atoms with van der Waals surface area (Å²) in [5.74, 6) is -0.711. The highest BCUT2D eigenvalue weighted by Crippen LogP contribution is 2.15. The number of hydrogen-bond acceptors (Lipinski definition) is 2. The van der Waals surface area contributed by atoms with Gasteiger partial charge >= 0.3 is 0 Å². The van der Waals surface area contributed by atoms with E-state index in [9.17, 15) is 9.18 Å². The molecule has 16 heavy (non-hydrogen) atoms. The highest BCUT2D eigenvalue weighted by atomic mass is 19.1. The minimum Gasteiger partial charge on any atom is -0.398 e. The lowest BCUT2D eigenvalue weighted by Crippen LogP contribution is -2.32. The summed E-state index contributed by atoms with van der Waals surface area (Å²) in [6.07, 6.45) is 0. The van der Waals surface area contributed by atoms with Crippen molar-refractivity contribution in [2.24, 2.45) is 5.41 Å². The number of carbonyl (C=O) groups is 1. The van der Waals surface area contributed by atoms with Crippen molar-refractivity contribution >= 4 is 11.6 Å². The molecule has 0 saturated carbocycles. The molecular formula is C12H17FN2O.